The number of nitrogens with zero attached hydrogens (tertiary/aromatic N) is 3. The fourth-order valence-corrected chi connectivity index (χ4v) is 0.711. The van der Waals surface area contributed by atoms with Crippen LogP contribution < -0.4 is 5.73 Å². The van der Waals surface area contributed by atoms with Gasteiger partial charge in [0.1, 0.15) is 0 Å². The molecule has 2 amide bonds. The Morgan fingerprint density at radius 3 is 2.77 bits per heavy atom. The van der Waals surface area contributed by atoms with E-state index in [0.717, 1.165) is 0 Å². The van der Waals surface area contributed by atoms with Crippen molar-refractivity contribution in [2.24, 2.45) is 16.0 Å². The van der Waals surface area contributed by atoms with Crippen LogP contribution >= 0.6 is 0 Å². The van der Waals surface area contributed by atoms with Gasteiger partial charge in [0, 0.05) is 6.61 Å². The first-order valence-corrected chi connectivity index (χ1v) is 3.78. The predicted octanol–water partition coefficient (Wildman–Crippen LogP) is 0.572. The molecule has 0 aromatic rings. The van der Waals surface area contributed by atoms with E-state index in [2.05, 4.69) is 10.2 Å². The van der Waals surface area contributed by atoms with Crippen LogP contribution in [0.5, 0.6) is 0 Å². The minimum Gasteiger partial charge on any atom is -0.396 e. The van der Waals surface area contributed by atoms with Crippen LogP contribution in [-0.4, -0.2) is 23.3 Å². The van der Waals surface area contributed by atoms with Crippen LogP contribution in [0.4, 0.5) is 4.79 Å². The average molecular weight is 184 g/mol. The van der Waals surface area contributed by atoms with Crippen molar-refractivity contribution in [2.75, 3.05) is 6.61 Å². The number of nitrogens with two attached hydrogens (primary N) is 1. The summed E-state index contributed by atoms with van der Waals surface area (Å²) in [4.78, 5) is 10.2. The lowest BCUT2D eigenvalue weighted by Crippen LogP contribution is -2.20. The molecule has 0 bridgehead atoms. The molecule has 0 saturated heterocycles. The van der Waals surface area contributed by atoms with Crippen LogP contribution in [0, 0.1) is 11.3 Å². The molecule has 3 N–H and O–H groups in total. The minimum absolute atomic E-state index is 0.0244. The zero-order chi connectivity index (χ0) is 10.3. The molecule has 0 radical (unpaired) electrons. The third-order valence-electron chi connectivity index (χ3n) is 1.43. The number of aliphatic hydroxyl groups excluding tert-OH is 1. The maximum Gasteiger partial charge on any atom is 0.356 e. The molecule has 6 nitrogen and oxygen atoms in total. The van der Waals surface area contributed by atoms with Crippen molar-refractivity contribution in [3.8, 4) is 6.07 Å². The summed E-state index contributed by atoms with van der Waals surface area (Å²) in [6.07, 6.45) is 0.776. The summed E-state index contributed by atoms with van der Waals surface area (Å²) in [7, 11) is 0. The summed E-state index contributed by atoms with van der Waals surface area (Å²) < 4.78 is 0. The molecule has 0 spiro atoms. The molecule has 1 atom stereocenters. The lowest BCUT2D eigenvalue weighted by Gasteiger charge is -2.12. The molecule has 0 aliphatic rings. The molecule has 0 rings (SSSR count). The number of primary amides is 1. The lowest BCUT2D eigenvalue weighted by atomic mass is 9.99. The number of aliphatic hydroxyl groups is 1. The van der Waals surface area contributed by atoms with Gasteiger partial charge < -0.3 is 10.8 Å². The predicted molar refractivity (Wildman–Crippen MR) is 44.8 cm³/mol. The van der Waals surface area contributed by atoms with Gasteiger partial charge in [0.25, 0.3) is 0 Å². The molecular formula is C7H12N4O2. The van der Waals surface area contributed by atoms with E-state index < -0.39 is 11.6 Å². The average Bonchev–Trinajstić information content (AvgIpc) is 2.11. The van der Waals surface area contributed by atoms with E-state index >= 15 is 0 Å². The zero-order valence-electron chi connectivity index (χ0n) is 7.40. The van der Waals surface area contributed by atoms with Gasteiger partial charge in [0.2, 0.25) is 0 Å². The summed E-state index contributed by atoms with van der Waals surface area (Å²) in [5.41, 5.74) is 3.65. The molecule has 0 aliphatic carbocycles. The Labute approximate surface area is 76.1 Å². The van der Waals surface area contributed by atoms with E-state index in [1.165, 1.54) is 6.92 Å². The molecule has 0 aliphatic heterocycles. The second-order valence-electron chi connectivity index (χ2n) is 2.75. The summed E-state index contributed by atoms with van der Waals surface area (Å²) in [6, 6.07) is 0.964. The standard InChI is InChI=1S/C7H12N4O2/c1-7(5-8,3-2-4-12)11-10-6(9)13/h12H,2-4H2,1H3,(H2,9,13). The Bertz CT molecular complexity index is 245. The van der Waals surface area contributed by atoms with Crippen LogP contribution in [0.1, 0.15) is 19.8 Å². The normalized spacial score (nSPS) is 15.2. The van der Waals surface area contributed by atoms with Gasteiger partial charge in [0.15, 0.2) is 5.54 Å². The Balaban J connectivity index is 4.29. The van der Waals surface area contributed by atoms with Crippen LogP contribution in [-0.2, 0) is 0 Å². The number of nitriles is 1. The molecule has 13 heavy (non-hydrogen) atoms. The van der Waals surface area contributed by atoms with E-state index in [-0.39, 0.29) is 6.61 Å². The van der Waals surface area contributed by atoms with Gasteiger partial charge >= 0.3 is 6.03 Å². The molecular weight excluding hydrogens is 172 g/mol. The van der Waals surface area contributed by atoms with Gasteiger partial charge in [-0.25, -0.2) is 4.79 Å². The number of rotatable bonds is 4. The fraction of sp³-hybridized carbons (Fsp3) is 0.714. The van der Waals surface area contributed by atoms with E-state index in [9.17, 15) is 4.79 Å². The van der Waals surface area contributed by atoms with Crippen molar-refractivity contribution in [1.82, 2.24) is 0 Å². The zero-order valence-corrected chi connectivity index (χ0v) is 7.40. The monoisotopic (exact) mass is 184 g/mol. The second-order valence-corrected chi connectivity index (χ2v) is 2.75. The Morgan fingerprint density at radius 1 is 1.77 bits per heavy atom. The van der Waals surface area contributed by atoms with E-state index in [4.69, 9.17) is 16.1 Å². The van der Waals surface area contributed by atoms with Crippen molar-refractivity contribution in [2.45, 2.75) is 25.3 Å². The van der Waals surface area contributed by atoms with Gasteiger partial charge in [-0.1, -0.05) is 5.11 Å². The van der Waals surface area contributed by atoms with Crippen molar-refractivity contribution in [1.29, 1.82) is 5.26 Å². The number of carbonyl (C=O) groups is 1. The maximum atomic E-state index is 10.2. The van der Waals surface area contributed by atoms with Gasteiger partial charge in [-0.05, 0) is 19.8 Å². The van der Waals surface area contributed by atoms with E-state index in [1.54, 1.807) is 0 Å². The Hall–Kier alpha value is -1.48. The quantitative estimate of drug-likeness (QED) is 0.622. The number of hydrogen-bond acceptors (Lipinski definition) is 4. The third-order valence-corrected chi connectivity index (χ3v) is 1.43. The molecule has 1 unspecified atom stereocenters. The third kappa shape index (κ3) is 4.87. The largest absolute Gasteiger partial charge is 0.396 e. The molecule has 0 aromatic carbocycles. The van der Waals surface area contributed by atoms with Crippen molar-refractivity contribution in [3.05, 3.63) is 0 Å². The fourth-order valence-electron chi connectivity index (χ4n) is 0.711. The highest BCUT2D eigenvalue weighted by molar-refractivity contribution is 5.71. The smallest absolute Gasteiger partial charge is 0.356 e. The number of urea groups is 1. The van der Waals surface area contributed by atoms with Crippen molar-refractivity contribution >= 4 is 6.03 Å². The van der Waals surface area contributed by atoms with E-state index in [1.807, 2.05) is 6.07 Å². The number of azo groups is 1. The van der Waals surface area contributed by atoms with Crippen LogP contribution in [0.2, 0.25) is 0 Å². The second kappa shape index (κ2) is 5.22. The number of carbonyl (C=O) groups excluding carboxylic acids is 1. The first-order chi connectivity index (χ1) is 6.04. The molecule has 0 saturated carbocycles. The van der Waals surface area contributed by atoms with E-state index in [0.29, 0.717) is 12.8 Å². The van der Waals surface area contributed by atoms with Gasteiger partial charge in [0.05, 0.1) is 6.07 Å². The Morgan fingerprint density at radius 2 is 2.38 bits per heavy atom. The van der Waals surface area contributed by atoms with Gasteiger partial charge in [-0.15, -0.1) is 0 Å². The molecule has 72 valence electrons. The molecule has 0 fully saturated rings. The number of hydrogen-bond donors (Lipinski definition) is 2. The number of amides is 2. The highest BCUT2D eigenvalue weighted by Crippen LogP contribution is 2.16. The lowest BCUT2D eigenvalue weighted by molar-refractivity contribution is 0.253. The van der Waals surface area contributed by atoms with Gasteiger partial charge in [-0.2, -0.15) is 10.4 Å². The summed E-state index contributed by atoms with van der Waals surface area (Å²) in [5, 5.41) is 23.8. The van der Waals surface area contributed by atoms with Crippen LogP contribution in [0.25, 0.3) is 0 Å². The summed E-state index contributed by atoms with van der Waals surface area (Å²) in [6.45, 7) is 1.50. The molecule has 0 aromatic heterocycles. The Kier molecular flexibility index (Phi) is 4.62. The van der Waals surface area contributed by atoms with Crippen molar-refractivity contribution in [3.63, 3.8) is 0 Å². The van der Waals surface area contributed by atoms with Crippen LogP contribution in [0.3, 0.4) is 0 Å². The topological polar surface area (TPSA) is 112 Å². The highest BCUT2D eigenvalue weighted by atomic mass is 16.3. The first-order valence-electron chi connectivity index (χ1n) is 3.78. The maximum absolute atomic E-state index is 10.2. The highest BCUT2D eigenvalue weighted by Gasteiger charge is 2.22. The summed E-state index contributed by atoms with van der Waals surface area (Å²) >= 11 is 0. The SMILES string of the molecule is CC(C#N)(CCCO)N=NC(N)=O. The first kappa shape index (κ1) is 11.5. The van der Waals surface area contributed by atoms with Crippen molar-refractivity contribution < 1.29 is 9.90 Å². The van der Waals surface area contributed by atoms with Crippen LogP contribution in [0.15, 0.2) is 10.2 Å². The van der Waals surface area contributed by atoms with Gasteiger partial charge in [-0.3, -0.25) is 0 Å². The summed E-state index contributed by atoms with van der Waals surface area (Å²) in [5.74, 6) is 0. The molecule has 6 heteroatoms. The minimum atomic E-state index is -1.07. The molecule has 0 heterocycles.